The Labute approximate surface area is 107 Å². The van der Waals surface area contributed by atoms with Crippen LogP contribution in [0.1, 0.15) is 27.2 Å². The summed E-state index contributed by atoms with van der Waals surface area (Å²) in [6.07, 6.45) is 4.16. The molecule has 0 amide bonds. The minimum atomic E-state index is -0.0739. The van der Waals surface area contributed by atoms with E-state index in [2.05, 4.69) is 24.1 Å². The zero-order chi connectivity index (χ0) is 12.8. The first-order valence-corrected chi connectivity index (χ1v) is 6.51. The SMILES string of the molecule is CCn1ccnc(NC(CCCl)C(C)C)c1=O. The molecule has 96 valence electrons. The molecular weight excluding hydrogens is 238 g/mol. The molecular formula is C12H20ClN3O. The number of alkyl halides is 1. The second kappa shape index (κ2) is 6.64. The molecule has 0 aliphatic carbocycles. The van der Waals surface area contributed by atoms with Gasteiger partial charge >= 0.3 is 0 Å². The fourth-order valence-corrected chi connectivity index (χ4v) is 1.90. The lowest BCUT2D eigenvalue weighted by Crippen LogP contribution is -2.32. The number of aryl methyl sites for hydroxylation is 1. The topological polar surface area (TPSA) is 46.9 Å². The molecule has 1 unspecified atom stereocenters. The summed E-state index contributed by atoms with van der Waals surface area (Å²) in [6, 6.07) is 0.181. The molecule has 0 fully saturated rings. The summed E-state index contributed by atoms with van der Waals surface area (Å²) < 4.78 is 1.63. The monoisotopic (exact) mass is 257 g/mol. The van der Waals surface area contributed by atoms with Crippen molar-refractivity contribution < 1.29 is 0 Å². The second-order valence-corrected chi connectivity index (χ2v) is 4.72. The summed E-state index contributed by atoms with van der Waals surface area (Å²) in [5.41, 5.74) is -0.0739. The van der Waals surface area contributed by atoms with Crippen molar-refractivity contribution in [3.63, 3.8) is 0 Å². The summed E-state index contributed by atoms with van der Waals surface area (Å²) in [7, 11) is 0. The Kier molecular flexibility index (Phi) is 5.48. The highest BCUT2D eigenvalue weighted by Gasteiger charge is 2.15. The Morgan fingerprint density at radius 3 is 2.76 bits per heavy atom. The lowest BCUT2D eigenvalue weighted by atomic mass is 10.0. The number of nitrogens with zero attached hydrogens (tertiary/aromatic N) is 2. The fraction of sp³-hybridized carbons (Fsp3) is 0.667. The van der Waals surface area contributed by atoms with E-state index >= 15 is 0 Å². The molecule has 1 N–H and O–H groups in total. The average Bonchev–Trinajstić information content (AvgIpc) is 2.30. The van der Waals surface area contributed by atoms with Crippen molar-refractivity contribution in [3.8, 4) is 0 Å². The van der Waals surface area contributed by atoms with Crippen molar-refractivity contribution in [1.29, 1.82) is 0 Å². The highest BCUT2D eigenvalue weighted by molar-refractivity contribution is 6.17. The zero-order valence-electron chi connectivity index (χ0n) is 10.6. The van der Waals surface area contributed by atoms with Crippen LogP contribution in [-0.4, -0.2) is 21.5 Å². The number of halogens is 1. The Hall–Kier alpha value is -1.03. The van der Waals surface area contributed by atoms with Gasteiger partial charge in [-0.3, -0.25) is 4.79 Å². The van der Waals surface area contributed by atoms with E-state index in [1.54, 1.807) is 17.0 Å². The molecule has 1 atom stereocenters. The number of hydrogen-bond acceptors (Lipinski definition) is 3. The number of anilines is 1. The van der Waals surface area contributed by atoms with Gasteiger partial charge in [0.15, 0.2) is 5.82 Å². The number of hydrogen-bond donors (Lipinski definition) is 1. The molecule has 0 spiro atoms. The predicted molar refractivity (Wildman–Crippen MR) is 71.8 cm³/mol. The smallest absolute Gasteiger partial charge is 0.293 e. The Morgan fingerprint density at radius 1 is 1.53 bits per heavy atom. The fourth-order valence-electron chi connectivity index (χ4n) is 1.66. The lowest BCUT2D eigenvalue weighted by Gasteiger charge is -2.21. The summed E-state index contributed by atoms with van der Waals surface area (Å²) >= 11 is 5.76. The Bertz CT molecular complexity index is 403. The normalized spacial score (nSPS) is 12.8. The molecule has 0 radical (unpaired) electrons. The third-order valence-corrected chi connectivity index (χ3v) is 3.02. The Balaban J connectivity index is 2.89. The molecule has 1 aromatic heterocycles. The van der Waals surface area contributed by atoms with Crippen molar-refractivity contribution in [2.45, 2.75) is 39.8 Å². The molecule has 0 aromatic carbocycles. The van der Waals surface area contributed by atoms with Crippen molar-refractivity contribution in [3.05, 3.63) is 22.7 Å². The molecule has 0 saturated heterocycles. The standard InChI is InChI=1S/C12H20ClN3O/c1-4-16-8-7-14-11(12(16)17)15-10(5-6-13)9(2)3/h7-10H,4-6H2,1-3H3,(H,14,15). The highest BCUT2D eigenvalue weighted by Crippen LogP contribution is 2.11. The van der Waals surface area contributed by atoms with E-state index in [1.807, 2.05) is 6.92 Å². The van der Waals surface area contributed by atoms with Crippen LogP contribution in [0, 0.1) is 5.92 Å². The molecule has 0 aliphatic heterocycles. The van der Waals surface area contributed by atoms with E-state index in [9.17, 15) is 4.79 Å². The molecule has 4 nitrogen and oxygen atoms in total. The molecule has 0 aliphatic rings. The maximum absolute atomic E-state index is 12.0. The van der Waals surface area contributed by atoms with E-state index in [-0.39, 0.29) is 11.6 Å². The summed E-state index contributed by atoms with van der Waals surface area (Å²) in [6.45, 7) is 6.79. The molecule has 1 aromatic rings. The summed E-state index contributed by atoms with van der Waals surface area (Å²) in [5, 5.41) is 3.19. The van der Waals surface area contributed by atoms with Gasteiger partial charge in [-0.25, -0.2) is 4.98 Å². The van der Waals surface area contributed by atoms with Crippen LogP contribution >= 0.6 is 11.6 Å². The Morgan fingerprint density at radius 2 is 2.24 bits per heavy atom. The van der Waals surface area contributed by atoms with E-state index in [4.69, 9.17) is 11.6 Å². The van der Waals surface area contributed by atoms with E-state index in [1.165, 1.54) is 0 Å². The van der Waals surface area contributed by atoms with Gasteiger partial charge in [0.05, 0.1) is 0 Å². The van der Waals surface area contributed by atoms with Crippen molar-refractivity contribution in [2.24, 2.45) is 5.92 Å². The van der Waals surface area contributed by atoms with Gasteiger partial charge in [-0.05, 0) is 19.3 Å². The quantitative estimate of drug-likeness (QED) is 0.796. The van der Waals surface area contributed by atoms with Crippen LogP contribution in [0.3, 0.4) is 0 Å². The predicted octanol–water partition coefficient (Wildman–Crippen LogP) is 2.33. The third-order valence-electron chi connectivity index (χ3n) is 2.80. The van der Waals surface area contributed by atoms with Crippen LogP contribution < -0.4 is 10.9 Å². The third kappa shape index (κ3) is 3.73. The van der Waals surface area contributed by atoms with Crippen molar-refractivity contribution in [2.75, 3.05) is 11.2 Å². The zero-order valence-corrected chi connectivity index (χ0v) is 11.4. The van der Waals surface area contributed by atoms with Crippen LogP contribution in [-0.2, 0) is 6.54 Å². The molecule has 0 saturated carbocycles. The molecule has 17 heavy (non-hydrogen) atoms. The van der Waals surface area contributed by atoms with Gasteiger partial charge in [-0.15, -0.1) is 11.6 Å². The first-order valence-electron chi connectivity index (χ1n) is 5.98. The number of rotatable bonds is 6. The van der Waals surface area contributed by atoms with E-state index in [0.29, 0.717) is 24.2 Å². The second-order valence-electron chi connectivity index (χ2n) is 4.34. The molecule has 1 heterocycles. The summed E-state index contributed by atoms with van der Waals surface area (Å²) in [4.78, 5) is 16.1. The first-order chi connectivity index (χ1) is 8.10. The number of aromatic nitrogens is 2. The van der Waals surface area contributed by atoms with E-state index < -0.39 is 0 Å². The summed E-state index contributed by atoms with van der Waals surface area (Å²) in [5.74, 6) is 1.40. The van der Waals surface area contributed by atoms with Gasteiger partial charge in [-0.2, -0.15) is 0 Å². The minimum Gasteiger partial charge on any atom is -0.362 e. The van der Waals surface area contributed by atoms with Gasteiger partial charge in [-0.1, -0.05) is 13.8 Å². The highest BCUT2D eigenvalue weighted by atomic mass is 35.5. The van der Waals surface area contributed by atoms with Crippen LogP contribution in [0.15, 0.2) is 17.2 Å². The van der Waals surface area contributed by atoms with Gasteiger partial charge in [0.1, 0.15) is 0 Å². The van der Waals surface area contributed by atoms with Crippen LogP contribution in [0.2, 0.25) is 0 Å². The van der Waals surface area contributed by atoms with Gasteiger partial charge < -0.3 is 9.88 Å². The lowest BCUT2D eigenvalue weighted by molar-refractivity contribution is 0.510. The molecule has 5 heteroatoms. The van der Waals surface area contributed by atoms with Crippen molar-refractivity contribution in [1.82, 2.24) is 9.55 Å². The van der Waals surface area contributed by atoms with Crippen molar-refractivity contribution >= 4 is 17.4 Å². The first kappa shape index (κ1) is 14.0. The molecule has 0 bridgehead atoms. The van der Waals surface area contributed by atoms with Crippen LogP contribution in [0.5, 0.6) is 0 Å². The number of nitrogens with one attached hydrogen (secondary N) is 1. The van der Waals surface area contributed by atoms with Gasteiger partial charge in [0.25, 0.3) is 5.56 Å². The largest absolute Gasteiger partial charge is 0.362 e. The maximum Gasteiger partial charge on any atom is 0.293 e. The van der Waals surface area contributed by atoms with Gasteiger partial charge in [0, 0.05) is 30.9 Å². The van der Waals surface area contributed by atoms with E-state index in [0.717, 1.165) is 6.42 Å². The average molecular weight is 258 g/mol. The van der Waals surface area contributed by atoms with Crippen LogP contribution in [0.25, 0.3) is 0 Å². The van der Waals surface area contributed by atoms with Crippen LogP contribution in [0.4, 0.5) is 5.82 Å². The molecule has 1 rings (SSSR count). The maximum atomic E-state index is 12.0. The minimum absolute atomic E-state index is 0.0739. The van der Waals surface area contributed by atoms with Gasteiger partial charge in [0.2, 0.25) is 0 Å².